The lowest BCUT2D eigenvalue weighted by atomic mass is 10.1. The minimum atomic E-state index is 0.384. The predicted octanol–water partition coefficient (Wildman–Crippen LogP) is 4.67. The second kappa shape index (κ2) is 7.42. The molecule has 0 radical (unpaired) electrons. The van der Waals surface area contributed by atoms with Gasteiger partial charge < -0.3 is 5.32 Å². The molecule has 1 atom stereocenters. The van der Waals surface area contributed by atoms with Crippen LogP contribution in [0.4, 0.5) is 0 Å². The molecule has 0 heterocycles. The Hall–Kier alpha value is -0.180. The number of thioether (sulfide) groups is 1. The fourth-order valence-corrected chi connectivity index (χ4v) is 4.25. The third kappa shape index (κ3) is 3.91. The van der Waals surface area contributed by atoms with E-state index in [0.29, 0.717) is 6.04 Å². The van der Waals surface area contributed by atoms with Crippen LogP contribution in [0.1, 0.15) is 44.2 Å². The van der Waals surface area contributed by atoms with Crippen molar-refractivity contribution in [2.24, 2.45) is 0 Å². The van der Waals surface area contributed by atoms with Crippen LogP contribution < -0.4 is 5.32 Å². The Balaban J connectivity index is 1.96. The number of nitrogens with one attached hydrogen (secondary N) is 1. The maximum absolute atomic E-state index is 6.30. The predicted molar refractivity (Wildman–Crippen MR) is 82.6 cm³/mol. The summed E-state index contributed by atoms with van der Waals surface area (Å²) in [6.07, 6.45) is 5.61. The van der Waals surface area contributed by atoms with Gasteiger partial charge in [-0.25, -0.2) is 0 Å². The largest absolute Gasteiger partial charge is 0.309 e. The monoisotopic (exact) mass is 283 g/mol. The van der Waals surface area contributed by atoms with Gasteiger partial charge >= 0.3 is 0 Å². The molecule has 0 aliphatic heterocycles. The van der Waals surface area contributed by atoms with Crippen LogP contribution in [0.15, 0.2) is 24.3 Å². The Kier molecular flexibility index (Phi) is 5.87. The molecule has 1 aromatic rings. The molecule has 18 heavy (non-hydrogen) atoms. The maximum atomic E-state index is 6.30. The molecule has 0 spiro atoms. The van der Waals surface area contributed by atoms with Crippen molar-refractivity contribution in [3.8, 4) is 0 Å². The van der Waals surface area contributed by atoms with E-state index in [4.69, 9.17) is 11.6 Å². The van der Waals surface area contributed by atoms with E-state index in [9.17, 15) is 0 Å². The average molecular weight is 284 g/mol. The quantitative estimate of drug-likeness (QED) is 0.814. The van der Waals surface area contributed by atoms with Gasteiger partial charge in [0.1, 0.15) is 0 Å². The van der Waals surface area contributed by atoms with Crippen molar-refractivity contribution in [3.63, 3.8) is 0 Å². The second-order valence-electron chi connectivity index (χ2n) is 4.87. The number of rotatable bonds is 6. The summed E-state index contributed by atoms with van der Waals surface area (Å²) in [6, 6.07) is 8.59. The van der Waals surface area contributed by atoms with Crippen molar-refractivity contribution in [1.82, 2.24) is 5.32 Å². The molecule has 1 fully saturated rings. The Bertz CT molecular complexity index is 363. The van der Waals surface area contributed by atoms with Crippen LogP contribution in [0, 0.1) is 0 Å². The Morgan fingerprint density at radius 3 is 2.72 bits per heavy atom. The van der Waals surface area contributed by atoms with E-state index < -0.39 is 0 Å². The lowest BCUT2D eigenvalue weighted by molar-refractivity contribution is 0.605. The molecule has 1 nitrogen and oxygen atoms in total. The molecule has 1 aliphatic carbocycles. The van der Waals surface area contributed by atoms with Crippen molar-refractivity contribution >= 4 is 23.4 Å². The topological polar surface area (TPSA) is 12.0 Å². The molecule has 0 amide bonds. The van der Waals surface area contributed by atoms with E-state index in [-0.39, 0.29) is 0 Å². The highest BCUT2D eigenvalue weighted by atomic mass is 35.5. The Morgan fingerprint density at radius 2 is 2.06 bits per heavy atom. The Morgan fingerprint density at radius 1 is 1.33 bits per heavy atom. The van der Waals surface area contributed by atoms with Gasteiger partial charge in [-0.05, 0) is 31.0 Å². The van der Waals surface area contributed by atoms with E-state index in [2.05, 4.69) is 36.1 Å². The van der Waals surface area contributed by atoms with Gasteiger partial charge in [0.05, 0.1) is 0 Å². The van der Waals surface area contributed by atoms with Crippen molar-refractivity contribution in [2.75, 3.05) is 12.3 Å². The maximum Gasteiger partial charge on any atom is 0.0454 e. The molecule has 100 valence electrons. The molecule has 3 heteroatoms. The van der Waals surface area contributed by atoms with Gasteiger partial charge in [0.15, 0.2) is 0 Å². The van der Waals surface area contributed by atoms with Crippen molar-refractivity contribution < 1.29 is 0 Å². The highest BCUT2D eigenvalue weighted by Crippen LogP contribution is 2.33. The van der Waals surface area contributed by atoms with Gasteiger partial charge in [-0.1, -0.05) is 49.6 Å². The van der Waals surface area contributed by atoms with Crippen LogP contribution in [0.5, 0.6) is 0 Å². The summed E-state index contributed by atoms with van der Waals surface area (Å²) in [5.74, 6) is 1.13. The molecule has 0 saturated heterocycles. The first-order valence-electron chi connectivity index (χ1n) is 6.90. The lowest BCUT2D eigenvalue weighted by Crippen LogP contribution is -2.24. The van der Waals surface area contributed by atoms with Crippen LogP contribution in [0.3, 0.4) is 0 Å². The zero-order valence-corrected chi connectivity index (χ0v) is 12.6. The molecule has 1 aliphatic rings. The summed E-state index contributed by atoms with van der Waals surface area (Å²) >= 11 is 8.42. The molecule has 1 unspecified atom stereocenters. The van der Waals surface area contributed by atoms with Crippen LogP contribution in [0.2, 0.25) is 5.02 Å². The summed E-state index contributed by atoms with van der Waals surface area (Å²) < 4.78 is 0. The normalized spacial score (nSPS) is 18.1. The van der Waals surface area contributed by atoms with Crippen molar-refractivity contribution in [1.29, 1.82) is 0 Å². The van der Waals surface area contributed by atoms with E-state index in [0.717, 1.165) is 22.6 Å². The zero-order chi connectivity index (χ0) is 12.8. The van der Waals surface area contributed by atoms with Crippen LogP contribution in [-0.2, 0) is 0 Å². The number of benzene rings is 1. The third-order valence-corrected chi connectivity index (χ3v) is 5.34. The summed E-state index contributed by atoms with van der Waals surface area (Å²) in [4.78, 5) is 0. The minimum absolute atomic E-state index is 0.384. The van der Waals surface area contributed by atoms with Gasteiger partial charge in [0, 0.05) is 22.1 Å². The molecule has 1 saturated carbocycles. The molecular formula is C15H22ClNS. The van der Waals surface area contributed by atoms with E-state index in [1.54, 1.807) is 0 Å². The van der Waals surface area contributed by atoms with Crippen molar-refractivity contribution in [3.05, 3.63) is 34.9 Å². The molecule has 1 aromatic carbocycles. The van der Waals surface area contributed by atoms with Gasteiger partial charge in [0.2, 0.25) is 0 Å². The summed E-state index contributed by atoms with van der Waals surface area (Å²) in [5.41, 5.74) is 1.24. The van der Waals surface area contributed by atoms with E-state index in [1.807, 2.05) is 12.1 Å². The molecular weight excluding hydrogens is 262 g/mol. The highest BCUT2D eigenvalue weighted by Gasteiger charge is 2.19. The molecule has 1 N–H and O–H groups in total. The van der Waals surface area contributed by atoms with Gasteiger partial charge in [-0.15, -0.1) is 0 Å². The number of halogens is 1. The van der Waals surface area contributed by atoms with Crippen LogP contribution in [-0.4, -0.2) is 17.5 Å². The highest BCUT2D eigenvalue weighted by molar-refractivity contribution is 7.99. The second-order valence-corrected chi connectivity index (χ2v) is 6.61. The van der Waals surface area contributed by atoms with Crippen LogP contribution >= 0.6 is 23.4 Å². The van der Waals surface area contributed by atoms with Gasteiger partial charge in [-0.2, -0.15) is 11.8 Å². The van der Waals surface area contributed by atoms with Crippen LogP contribution in [0.25, 0.3) is 0 Å². The van der Waals surface area contributed by atoms with E-state index >= 15 is 0 Å². The first-order valence-corrected chi connectivity index (χ1v) is 8.33. The van der Waals surface area contributed by atoms with E-state index in [1.165, 1.54) is 31.2 Å². The first-order chi connectivity index (χ1) is 8.81. The standard InChI is InChI=1S/C15H22ClNS/c1-2-17-15(11-18-12-7-3-4-8-12)13-9-5-6-10-14(13)16/h5-6,9-10,12,15,17H,2-4,7-8,11H2,1H3. The first kappa shape index (κ1) is 14.2. The molecule has 2 rings (SSSR count). The smallest absolute Gasteiger partial charge is 0.0454 e. The lowest BCUT2D eigenvalue weighted by Gasteiger charge is -2.21. The SMILES string of the molecule is CCNC(CSC1CCCC1)c1ccccc1Cl. The number of hydrogen-bond acceptors (Lipinski definition) is 2. The van der Waals surface area contributed by atoms with Gasteiger partial charge in [0.25, 0.3) is 0 Å². The fourth-order valence-electron chi connectivity index (χ4n) is 2.55. The Labute approximate surface area is 120 Å². The summed E-state index contributed by atoms with van der Waals surface area (Å²) in [6.45, 7) is 3.14. The summed E-state index contributed by atoms with van der Waals surface area (Å²) in [5, 5.41) is 5.31. The average Bonchev–Trinajstić information content (AvgIpc) is 2.88. The molecule has 0 bridgehead atoms. The third-order valence-electron chi connectivity index (χ3n) is 3.53. The summed E-state index contributed by atoms with van der Waals surface area (Å²) in [7, 11) is 0. The van der Waals surface area contributed by atoms with Crippen molar-refractivity contribution in [2.45, 2.75) is 43.9 Å². The minimum Gasteiger partial charge on any atom is -0.309 e. The fraction of sp³-hybridized carbons (Fsp3) is 0.600. The zero-order valence-electron chi connectivity index (χ0n) is 11.0. The van der Waals surface area contributed by atoms with Gasteiger partial charge in [-0.3, -0.25) is 0 Å². The number of hydrogen-bond donors (Lipinski definition) is 1. The molecule has 0 aromatic heterocycles.